The number of methoxy groups -OCH3 is 2. The second kappa shape index (κ2) is 15.4. The van der Waals surface area contributed by atoms with Crippen molar-refractivity contribution in [2.75, 3.05) is 61.7 Å². The summed E-state index contributed by atoms with van der Waals surface area (Å²) in [5, 5.41) is 15.0. The average molecular weight is 618 g/mol. The van der Waals surface area contributed by atoms with Crippen LogP contribution in [0.2, 0.25) is 5.02 Å². The van der Waals surface area contributed by atoms with Gasteiger partial charge in [0.1, 0.15) is 10.8 Å². The molecule has 1 amide bonds. The Morgan fingerprint density at radius 2 is 1.81 bits per heavy atom. The Balaban J connectivity index is 1.90. The van der Waals surface area contributed by atoms with E-state index >= 15 is 0 Å². The summed E-state index contributed by atoms with van der Waals surface area (Å²) < 4.78 is 36.4. The number of para-hydroxylation sites is 1. The van der Waals surface area contributed by atoms with Gasteiger partial charge in [-0.2, -0.15) is 4.98 Å². The van der Waals surface area contributed by atoms with E-state index in [2.05, 4.69) is 43.1 Å². The first-order valence-corrected chi connectivity index (χ1v) is 15.0. The third kappa shape index (κ3) is 8.55. The van der Waals surface area contributed by atoms with E-state index in [9.17, 15) is 13.2 Å². The van der Waals surface area contributed by atoms with Gasteiger partial charge in [0.2, 0.25) is 11.9 Å². The molecule has 0 aliphatic heterocycles. The van der Waals surface area contributed by atoms with E-state index in [4.69, 9.17) is 21.1 Å². The molecule has 0 radical (unpaired) electrons. The highest BCUT2D eigenvalue weighted by Gasteiger charge is 2.23. The van der Waals surface area contributed by atoms with E-state index in [0.29, 0.717) is 54.7 Å². The summed E-state index contributed by atoms with van der Waals surface area (Å²) in [4.78, 5) is 21.0. The van der Waals surface area contributed by atoms with Crippen LogP contribution in [0.1, 0.15) is 13.8 Å². The molecule has 5 N–H and O–H groups in total. The minimum atomic E-state index is -3.58. The number of nitrogens with one attached hydrogen (secondary N) is 5. The molecule has 2 aromatic carbocycles. The maximum absolute atomic E-state index is 12.9. The van der Waals surface area contributed by atoms with Crippen molar-refractivity contribution in [3.8, 4) is 5.75 Å². The van der Waals surface area contributed by atoms with E-state index in [-0.39, 0.29) is 21.7 Å². The summed E-state index contributed by atoms with van der Waals surface area (Å²) >= 11 is 6.38. The highest BCUT2D eigenvalue weighted by Crippen LogP contribution is 2.37. The van der Waals surface area contributed by atoms with Crippen molar-refractivity contribution in [3.63, 3.8) is 0 Å². The van der Waals surface area contributed by atoms with Crippen LogP contribution < -0.4 is 31.3 Å². The normalized spacial score (nSPS) is 11.2. The van der Waals surface area contributed by atoms with E-state index < -0.39 is 21.0 Å². The zero-order valence-corrected chi connectivity index (χ0v) is 25.5. The first-order chi connectivity index (χ1) is 20.1. The van der Waals surface area contributed by atoms with Crippen LogP contribution in [0.15, 0.2) is 60.1 Å². The van der Waals surface area contributed by atoms with Gasteiger partial charge in [0.25, 0.3) is 0 Å². The van der Waals surface area contributed by atoms with Gasteiger partial charge < -0.3 is 36.1 Å². The van der Waals surface area contributed by atoms with E-state index in [0.717, 1.165) is 0 Å². The number of halogens is 1. The average Bonchev–Trinajstić information content (AvgIpc) is 2.97. The second-order valence-corrected chi connectivity index (χ2v) is 12.1. The lowest BCUT2D eigenvalue weighted by Crippen LogP contribution is -2.25. The summed E-state index contributed by atoms with van der Waals surface area (Å²) in [7, 11) is -0.425. The Hall–Kier alpha value is -3.91. The molecular formula is C28H36ClN7O5S. The lowest BCUT2D eigenvalue weighted by Gasteiger charge is -2.18. The van der Waals surface area contributed by atoms with Crippen LogP contribution in [-0.2, 0) is 19.4 Å². The number of ether oxygens (including phenoxy) is 2. The molecule has 12 nitrogen and oxygen atoms in total. The van der Waals surface area contributed by atoms with Gasteiger partial charge >= 0.3 is 0 Å². The number of benzene rings is 2. The van der Waals surface area contributed by atoms with Crippen molar-refractivity contribution in [3.05, 3.63) is 60.3 Å². The van der Waals surface area contributed by atoms with E-state index in [1.807, 2.05) is 0 Å². The molecule has 42 heavy (non-hydrogen) atoms. The number of rotatable bonds is 16. The van der Waals surface area contributed by atoms with E-state index in [1.54, 1.807) is 51.3 Å². The van der Waals surface area contributed by atoms with Gasteiger partial charge in [-0.25, -0.2) is 13.4 Å². The molecule has 1 heterocycles. The molecule has 1 aromatic heterocycles. The minimum Gasteiger partial charge on any atom is -0.494 e. The van der Waals surface area contributed by atoms with Crippen LogP contribution in [0.4, 0.5) is 34.5 Å². The second-order valence-electron chi connectivity index (χ2n) is 9.19. The molecule has 0 unspecified atom stereocenters. The number of hydrogen-bond donors (Lipinski definition) is 5. The Morgan fingerprint density at radius 3 is 2.50 bits per heavy atom. The van der Waals surface area contributed by atoms with Crippen LogP contribution in [0.3, 0.4) is 0 Å². The molecule has 0 bridgehead atoms. The Morgan fingerprint density at radius 1 is 1.05 bits per heavy atom. The molecule has 0 saturated carbocycles. The summed E-state index contributed by atoms with van der Waals surface area (Å²) in [5.74, 6) is 0.395. The first kappa shape index (κ1) is 32.6. The number of nitrogens with zero attached hydrogens (tertiary/aromatic N) is 2. The molecule has 226 valence electrons. The maximum Gasteiger partial charge on any atom is 0.247 e. The SMILES string of the molecule is C=CC(=O)Nc1cc(Nc2ncc(Cl)c(Nc3ccccc3S(=O)(=O)C(C)C)n2)c(OC)cc1NCCNCCOC. The number of amides is 1. The summed E-state index contributed by atoms with van der Waals surface area (Å²) in [6.07, 6.45) is 2.56. The summed E-state index contributed by atoms with van der Waals surface area (Å²) in [6, 6.07) is 9.94. The molecule has 3 aromatic rings. The Kier molecular flexibility index (Phi) is 11.9. The molecule has 0 aliphatic rings. The highest BCUT2D eigenvalue weighted by atomic mass is 35.5. The van der Waals surface area contributed by atoms with Crippen LogP contribution in [0.5, 0.6) is 5.75 Å². The Labute approximate surface area is 251 Å². The third-order valence-electron chi connectivity index (χ3n) is 5.94. The van der Waals surface area contributed by atoms with E-state index in [1.165, 1.54) is 25.4 Å². The first-order valence-electron chi connectivity index (χ1n) is 13.1. The number of anilines is 6. The number of carbonyl (C=O) groups excluding carboxylic acids is 1. The predicted molar refractivity (Wildman–Crippen MR) is 167 cm³/mol. The lowest BCUT2D eigenvalue weighted by molar-refractivity contribution is -0.111. The highest BCUT2D eigenvalue weighted by molar-refractivity contribution is 7.92. The van der Waals surface area contributed by atoms with Gasteiger partial charge in [-0.05, 0) is 38.1 Å². The number of aromatic nitrogens is 2. The molecule has 0 spiro atoms. The van der Waals surface area contributed by atoms with Crippen molar-refractivity contribution in [1.82, 2.24) is 15.3 Å². The van der Waals surface area contributed by atoms with Gasteiger partial charge in [-0.3, -0.25) is 4.79 Å². The fourth-order valence-electron chi connectivity index (χ4n) is 3.70. The smallest absolute Gasteiger partial charge is 0.247 e. The number of hydrogen-bond acceptors (Lipinski definition) is 11. The molecule has 14 heteroatoms. The lowest BCUT2D eigenvalue weighted by atomic mass is 10.2. The van der Waals surface area contributed by atoms with Gasteiger partial charge in [-0.15, -0.1) is 0 Å². The van der Waals surface area contributed by atoms with Crippen molar-refractivity contribution in [2.24, 2.45) is 0 Å². The number of carbonyl (C=O) groups is 1. The number of sulfone groups is 1. The third-order valence-corrected chi connectivity index (χ3v) is 8.43. The monoisotopic (exact) mass is 617 g/mol. The zero-order chi connectivity index (χ0) is 30.7. The molecule has 0 atom stereocenters. The molecule has 3 rings (SSSR count). The van der Waals surface area contributed by atoms with Gasteiger partial charge in [0, 0.05) is 32.8 Å². The topological polar surface area (TPSA) is 156 Å². The van der Waals surface area contributed by atoms with Crippen LogP contribution in [0.25, 0.3) is 0 Å². The van der Waals surface area contributed by atoms with Crippen LogP contribution in [-0.4, -0.2) is 70.0 Å². The largest absolute Gasteiger partial charge is 0.494 e. The Bertz CT molecular complexity index is 1500. The summed E-state index contributed by atoms with van der Waals surface area (Å²) in [6.45, 7) is 9.30. The molecule has 0 aliphatic carbocycles. The van der Waals surface area contributed by atoms with Crippen molar-refractivity contribution in [1.29, 1.82) is 0 Å². The quantitative estimate of drug-likeness (QED) is 0.113. The minimum absolute atomic E-state index is 0.130. The van der Waals surface area contributed by atoms with Crippen molar-refractivity contribution < 1.29 is 22.7 Å². The molecule has 0 fully saturated rings. The molecule has 0 saturated heterocycles. The standard InChI is InChI=1S/C28H36ClN7O5S/c1-6-26(37)33-22-15-23(24(41-5)16-21(22)31-12-11-30-13-14-40-4)35-28-32-17-19(29)27(36-28)34-20-9-7-8-10-25(20)42(38,39)18(2)3/h6-10,15-18,30-31H,1,11-14H2,2-5H3,(H,33,37)(H2,32,34,35,36). The molecular weight excluding hydrogens is 582 g/mol. The zero-order valence-electron chi connectivity index (χ0n) is 24.0. The van der Waals surface area contributed by atoms with Crippen LogP contribution in [0, 0.1) is 0 Å². The van der Waals surface area contributed by atoms with Crippen molar-refractivity contribution >= 4 is 61.9 Å². The fourth-order valence-corrected chi connectivity index (χ4v) is 5.04. The summed E-state index contributed by atoms with van der Waals surface area (Å²) in [5.41, 5.74) is 1.89. The van der Waals surface area contributed by atoms with Gasteiger partial charge in [0.05, 0.1) is 52.8 Å². The van der Waals surface area contributed by atoms with Gasteiger partial charge in [0.15, 0.2) is 15.7 Å². The fraction of sp³-hybridized carbons (Fsp3) is 0.321. The van der Waals surface area contributed by atoms with Gasteiger partial charge in [-0.1, -0.05) is 30.3 Å². The maximum atomic E-state index is 12.9. The predicted octanol–water partition coefficient (Wildman–Crippen LogP) is 4.58. The van der Waals surface area contributed by atoms with Crippen molar-refractivity contribution in [2.45, 2.75) is 24.0 Å². The van der Waals surface area contributed by atoms with Crippen LogP contribution >= 0.6 is 11.6 Å².